The fourth-order valence-corrected chi connectivity index (χ4v) is 5.64. The normalized spacial score (nSPS) is 11.2. The molecule has 6 rings (SSSR count). The Morgan fingerprint density at radius 2 is 1.18 bits per heavy atom. The summed E-state index contributed by atoms with van der Waals surface area (Å²) in [6.07, 6.45) is 0. The summed E-state index contributed by atoms with van der Waals surface area (Å²) < 4.78 is 2.69. The highest BCUT2D eigenvalue weighted by Gasteiger charge is 2.11. The second-order valence-corrected chi connectivity index (χ2v) is 9.38. The zero-order valence-corrected chi connectivity index (χ0v) is 19.2. The first kappa shape index (κ1) is 19.8. The van der Waals surface area contributed by atoms with E-state index in [4.69, 9.17) is 0 Å². The SMILES string of the molecule is CN(c1ccc(-c2ccc3sc4ccccc4c3c2)cc1)c1ccccc1-c1ccccc1. The van der Waals surface area contributed by atoms with Gasteiger partial charge in [0.2, 0.25) is 0 Å². The van der Waals surface area contributed by atoms with Crippen molar-refractivity contribution in [1.82, 2.24) is 0 Å². The summed E-state index contributed by atoms with van der Waals surface area (Å²) in [6.45, 7) is 0. The van der Waals surface area contributed by atoms with Crippen molar-refractivity contribution in [1.29, 1.82) is 0 Å². The first-order valence-electron chi connectivity index (χ1n) is 11.2. The van der Waals surface area contributed by atoms with Crippen molar-refractivity contribution in [2.45, 2.75) is 0 Å². The number of para-hydroxylation sites is 1. The first-order valence-corrected chi connectivity index (χ1v) is 12.0. The lowest BCUT2D eigenvalue weighted by Gasteiger charge is -2.23. The number of thiophene rings is 1. The van der Waals surface area contributed by atoms with E-state index >= 15 is 0 Å². The Morgan fingerprint density at radius 1 is 0.515 bits per heavy atom. The number of fused-ring (bicyclic) bond motifs is 3. The van der Waals surface area contributed by atoms with Crippen LogP contribution in [0.4, 0.5) is 11.4 Å². The number of nitrogens with zero attached hydrogens (tertiary/aromatic N) is 1. The van der Waals surface area contributed by atoms with Gasteiger partial charge in [0.05, 0.1) is 0 Å². The molecule has 0 saturated heterocycles. The number of hydrogen-bond donors (Lipinski definition) is 0. The highest BCUT2D eigenvalue weighted by Crippen LogP contribution is 2.37. The van der Waals surface area contributed by atoms with Gasteiger partial charge in [0.1, 0.15) is 0 Å². The summed E-state index contributed by atoms with van der Waals surface area (Å²) in [4.78, 5) is 2.27. The summed E-state index contributed by atoms with van der Waals surface area (Å²) in [5, 5.41) is 2.68. The van der Waals surface area contributed by atoms with E-state index in [1.54, 1.807) is 0 Å². The standard InChI is InChI=1S/C31H23NS/c1-32(29-13-7-5-11-26(29)23-9-3-2-4-10-23)25-18-15-22(16-19-25)24-17-20-31-28(21-24)27-12-6-8-14-30(27)33-31/h2-21H,1H3. The van der Waals surface area contributed by atoms with Gasteiger partial charge in [0.25, 0.3) is 0 Å². The van der Waals surface area contributed by atoms with Crippen LogP contribution >= 0.6 is 11.3 Å². The molecule has 0 aliphatic carbocycles. The minimum Gasteiger partial charge on any atom is -0.344 e. The van der Waals surface area contributed by atoms with Gasteiger partial charge in [-0.2, -0.15) is 0 Å². The lowest BCUT2D eigenvalue weighted by Crippen LogP contribution is -2.10. The summed E-state index contributed by atoms with van der Waals surface area (Å²) in [5.74, 6) is 0. The van der Waals surface area contributed by atoms with E-state index in [1.807, 2.05) is 11.3 Å². The molecule has 0 amide bonds. The average Bonchev–Trinajstić information content (AvgIpc) is 3.27. The van der Waals surface area contributed by atoms with Crippen molar-refractivity contribution in [3.05, 3.63) is 121 Å². The second kappa shape index (κ2) is 8.23. The summed E-state index contributed by atoms with van der Waals surface area (Å²) in [6, 6.07) is 43.5. The predicted octanol–water partition coefficient (Wildman–Crippen LogP) is 9.16. The van der Waals surface area contributed by atoms with E-state index < -0.39 is 0 Å². The fourth-order valence-electron chi connectivity index (χ4n) is 4.55. The molecule has 5 aromatic carbocycles. The van der Waals surface area contributed by atoms with Crippen molar-refractivity contribution < 1.29 is 0 Å². The van der Waals surface area contributed by atoms with Crippen LogP contribution in [0.1, 0.15) is 0 Å². The van der Waals surface area contributed by atoms with Crippen LogP contribution in [-0.4, -0.2) is 7.05 Å². The lowest BCUT2D eigenvalue weighted by molar-refractivity contribution is 1.21. The molecular weight excluding hydrogens is 418 g/mol. The molecule has 6 aromatic rings. The fraction of sp³-hybridized carbons (Fsp3) is 0.0323. The molecule has 1 nitrogen and oxygen atoms in total. The van der Waals surface area contributed by atoms with Crippen LogP contribution in [0.2, 0.25) is 0 Å². The van der Waals surface area contributed by atoms with Gasteiger partial charge in [-0.15, -0.1) is 11.3 Å². The van der Waals surface area contributed by atoms with E-state index in [9.17, 15) is 0 Å². The summed E-state index contributed by atoms with van der Waals surface area (Å²) in [7, 11) is 2.14. The maximum Gasteiger partial charge on any atom is 0.0487 e. The Kier molecular flexibility index (Phi) is 4.93. The minimum absolute atomic E-state index is 1.17. The topological polar surface area (TPSA) is 3.24 Å². The van der Waals surface area contributed by atoms with E-state index in [0.29, 0.717) is 0 Å². The van der Waals surface area contributed by atoms with E-state index in [-0.39, 0.29) is 0 Å². The largest absolute Gasteiger partial charge is 0.344 e. The van der Waals surface area contributed by atoms with Crippen molar-refractivity contribution in [2.75, 3.05) is 11.9 Å². The van der Waals surface area contributed by atoms with Gasteiger partial charge in [0, 0.05) is 44.2 Å². The Morgan fingerprint density at radius 3 is 2.03 bits per heavy atom. The van der Waals surface area contributed by atoms with Crippen molar-refractivity contribution in [3.63, 3.8) is 0 Å². The lowest BCUT2D eigenvalue weighted by atomic mass is 10.0. The maximum atomic E-state index is 2.33. The molecule has 0 saturated carbocycles. The average molecular weight is 442 g/mol. The molecule has 0 unspecified atom stereocenters. The van der Waals surface area contributed by atoms with Crippen LogP contribution < -0.4 is 4.90 Å². The van der Waals surface area contributed by atoms with Crippen molar-refractivity contribution >= 4 is 42.9 Å². The summed E-state index contributed by atoms with van der Waals surface area (Å²) in [5.41, 5.74) is 7.32. The van der Waals surface area contributed by atoms with E-state index in [2.05, 4.69) is 133 Å². The van der Waals surface area contributed by atoms with Gasteiger partial charge in [0.15, 0.2) is 0 Å². The monoisotopic (exact) mass is 441 g/mol. The van der Waals surface area contributed by atoms with Gasteiger partial charge in [-0.25, -0.2) is 0 Å². The van der Waals surface area contributed by atoms with Crippen LogP contribution in [0.15, 0.2) is 121 Å². The highest BCUT2D eigenvalue weighted by atomic mass is 32.1. The third-order valence-electron chi connectivity index (χ3n) is 6.31. The first-order chi connectivity index (χ1) is 16.3. The number of hydrogen-bond acceptors (Lipinski definition) is 2. The molecular formula is C31H23NS. The summed E-state index contributed by atoms with van der Waals surface area (Å²) >= 11 is 1.86. The number of rotatable bonds is 4. The smallest absolute Gasteiger partial charge is 0.0487 e. The highest BCUT2D eigenvalue weighted by molar-refractivity contribution is 7.25. The molecule has 1 heterocycles. The molecule has 0 N–H and O–H groups in total. The van der Waals surface area contributed by atoms with Crippen molar-refractivity contribution in [2.24, 2.45) is 0 Å². The molecule has 0 fully saturated rings. The quantitative estimate of drug-likeness (QED) is 0.263. The third kappa shape index (κ3) is 3.59. The molecule has 158 valence electrons. The minimum atomic E-state index is 1.17. The Hall–Kier alpha value is -3.88. The molecule has 0 aliphatic rings. The maximum absolute atomic E-state index is 2.33. The Labute approximate surface area is 198 Å². The molecule has 0 spiro atoms. The van der Waals surface area contributed by atoms with E-state index in [1.165, 1.54) is 53.8 Å². The van der Waals surface area contributed by atoms with Crippen LogP contribution in [0.5, 0.6) is 0 Å². The van der Waals surface area contributed by atoms with Crippen LogP contribution in [0, 0.1) is 0 Å². The molecule has 2 heteroatoms. The zero-order valence-electron chi connectivity index (χ0n) is 18.4. The van der Waals surface area contributed by atoms with Crippen LogP contribution in [-0.2, 0) is 0 Å². The van der Waals surface area contributed by atoms with Crippen LogP contribution in [0.25, 0.3) is 42.4 Å². The molecule has 0 bridgehead atoms. The Bertz CT molecular complexity index is 1560. The molecule has 0 atom stereocenters. The molecule has 0 aliphatic heterocycles. The molecule has 33 heavy (non-hydrogen) atoms. The van der Waals surface area contributed by atoms with Gasteiger partial charge in [-0.3, -0.25) is 0 Å². The van der Waals surface area contributed by atoms with Gasteiger partial charge >= 0.3 is 0 Å². The number of benzene rings is 5. The van der Waals surface area contributed by atoms with Crippen molar-refractivity contribution in [3.8, 4) is 22.3 Å². The van der Waals surface area contributed by atoms with Gasteiger partial charge < -0.3 is 4.90 Å². The Balaban J connectivity index is 1.35. The third-order valence-corrected chi connectivity index (χ3v) is 7.47. The zero-order chi connectivity index (χ0) is 22.2. The van der Waals surface area contributed by atoms with E-state index in [0.717, 1.165) is 0 Å². The predicted molar refractivity (Wildman–Crippen MR) is 145 cm³/mol. The number of anilines is 2. The van der Waals surface area contributed by atoms with Gasteiger partial charge in [-0.05, 0) is 53.1 Å². The second-order valence-electron chi connectivity index (χ2n) is 8.30. The molecule has 0 radical (unpaired) electrons. The van der Waals surface area contributed by atoms with Crippen LogP contribution in [0.3, 0.4) is 0 Å². The van der Waals surface area contributed by atoms with Gasteiger partial charge in [-0.1, -0.05) is 84.9 Å². The molecule has 1 aromatic heterocycles.